The fourth-order valence-electron chi connectivity index (χ4n) is 2.37. The minimum atomic E-state index is -0.721. The summed E-state index contributed by atoms with van der Waals surface area (Å²) < 4.78 is 10.6. The number of oxazole rings is 1. The SMILES string of the molecule is COc1cc(CNC(=O)C(=O)Nc2ccccc2)ccc1-c1cnco1. The van der Waals surface area contributed by atoms with E-state index in [2.05, 4.69) is 15.6 Å². The Morgan fingerprint density at radius 2 is 1.92 bits per heavy atom. The maximum atomic E-state index is 12.0. The Morgan fingerprint density at radius 3 is 2.62 bits per heavy atom. The molecule has 0 aliphatic carbocycles. The average Bonchev–Trinajstić information content (AvgIpc) is 3.21. The zero-order valence-corrected chi connectivity index (χ0v) is 14.1. The van der Waals surface area contributed by atoms with E-state index in [1.54, 1.807) is 43.6 Å². The molecule has 2 amide bonds. The molecule has 0 unspecified atom stereocenters. The molecule has 2 aromatic carbocycles. The summed E-state index contributed by atoms with van der Waals surface area (Å²) in [7, 11) is 1.55. The lowest BCUT2D eigenvalue weighted by molar-refractivity contribution is -0.136. The normalized spacial score (nSPS) is 10.2. The molecule has 1 heterocycles. The van der Waals surface area contributed by atoms with Crippen LogP contribution in [-0.2, 0) is 16.1 Å². The van der Waals surface area contributed by atoms with Crippen LogP contribution in [0.3, 0.4) is 0 Å². The number of nitrogens with one attached hydrogen (secondary N) is 2. The van der Waals surface area contributed by atoms with Crippen molar-refractivity contribution in [1.82, 2.24) is 10.3 Å². The summed E-state index contributed by atoms with van der Waals surface area (Å²) in [6, 6.07) is 14.2. The molecule has 3 rings (SSSR count). The van der Waals surface area contributed by atoms with Gasteiger partial charge in [-0.2, -0.15) is 0 Å². The molecule has 26 heavy (non-hydrogen) atoms. The highest BCUT2D eigenvalue weighted by Crippen LogP contribution is 2.30. The third-order valence-electron chi connectivity index (χ3n) is 3.65. The average molecular weight is 351 g/mol. The standard InChI is InChI=1S/C19H17N3O4/c1-25-16-9-13(7-8-15(16)17-11-20-12-26-17)10-21-18(23)19(24)22-14-5-3-2-4-6-14/h2-9,11-12H,10H2,1H3,(H,21,23)(H,22,24). The van der Waals surface area contributed by atoms with Gasteiger partial charge in [0.1, 0.15) is 5.75 Å². The number of ether oxygens (including phenoxy) is 1. The second-order valence-electron chi connectivity index (χ2n) is 5.40. The number of anilines is 1. The van der Waals surface area contributed by atoms with Gasteiger partial charge in [0.05, 0.1) is 18.9 Å². The summed E-state index contributed by atoms with van der Waals surface area (Å²) in [6.07, 6.45) is 2.93. The first kappa shape index (κ1) is 17.2. The number of para-hydroxylation sites is 1. The number of amides is 2. The first-order valence-corrected chi connectivity index (χ1v) is 7.87. The molecule has 0 aliphatic rings. The molecule has 0 fully saturated rings. The molecule has 7 nitrogen and oxygen atoms in total. The van der Waals surface area contributed by atoms with E-state index in [1.165, 1.54) is 6.39 Å². The summed E-state index contributed by atoms with van der Waals surface area (Å²) in [4.78, 5) is 27.7. The zero-order valence-electron chi connectivity index (χ0n) is 14.1. The zero-order chi connectivity index (χ0) is 18.4. The number of carbonyl (C=O) groups is 2. The van der Waals surface area contributed by atoms with Crippen molar-refractivity contribution >= 4 is 17.5 Å². The van der Waals surface area contributed by atoms with Crippen LogP contribution in [-0.4, -0.2) is 23.9 Å². The lowest BCUT2D eigenvalue weighted by atomic mass is 10.1. The number of aromatic nitrogens is 1. The van der Waals surface area contributed by atoms with Gasteiger partial charge in [-0.15, -0.1) is 0 Å². The molecule has 0 radical (unpaired) electrons. The molecule has 2 N–H and O–H groups in total. The highest BCUT2D eigenvalue weighted by atomic mass is 16.5. The van der Waals surface area contributed by atoms with E-state index in [1.807, 2.05) is 18.2 Å². The van der Waals surface area contributed by atoms with Crippen LogP contribution in [0.1, 0.15) is 5.56 Å². The molecular weight excluding hydrogens is 334 g/mol. The van der Waals surface area contributed by atoms with E-state index >= 15 is 0 Å². The van der Waals surface area contributed by atoms with E-state index in [4.69, 9.17) is 9.15 Å². The third-order valence-corrected chi connectivity index (χ3v) is 3.65. The molecule has 0 saturated carbocycles. The number of rotatable bonds is 5. The van der Waals surface area contributed by atoms with Crippen LogP contribution in [0, 0.1) is 0 Å². The van der Waals surface area contributed by atoms with Crippen molar-refractivity contribution in [2.24, 2.45) is 0 Å². The van der Waals surface area contributed by atoms with Gasteiger partial charge in [0.15, 0.2) is 12.2 Å². The van der Waals surface area contributed by atoms with Gasteiger partial charge in [-0.3, -0.25) is 9.59 Å². The molecule has 0 aliphatic heterocycles. The first-order chi connectivity index (χ1) is 12.7. The second-order valence-corrected chi connectivity index (χ2v) is 5.40. The van der Waals surface area contributed by atoms with Gasteiger partial charge in [-0.25, -0.2) is 4.98 Å². The molecule has 7 heteroatoms. The van der Waals surface area contributed by atoms with Gasteiger partial charge in [0.25, 0.3) is 0 Å². The smallest absolute Gasteiger partial charge is 0.313 e. The van der Waals surface area contributed by atoms with Crippen LogP contribution in [0.15, 0.2) is 65.5 Å². The lowest BCUT2D eigenvalue weighted by Gasteiger charge is -2.10. The van der Waals surface area contributed by atoms with Crippen molar-refractivity contribution in [2.45, 2.75) is 6.54 Å². The summed E-state index contributed by atoms with van der Waals surface area (Å²) >= 11 is 0. The second kappa shape index (κ2) is 7.98. The van der Waals surface area contributed by atoms with Crippen molar-refractivity contribution in [1.29, 1.82) is 0 Å². The topological polar surface area (TPSA) is 93.5 Å². The van der Waals surface area contributed by atoms with Crippen LogP contribution in [0.2, 0.25) is 0 Å². The van der Waals surface area contributed by atoms with E-state index < -0.39 is 11.8 Å². The largest absolute Gasteiger partial charge is 0.496 e. The number of carbonyl (C=O) groups excluding carboxylic acids is 2. The first-order valence-electron chi connectivity index (χ1n) is 7.87. The van der Waals surface area contributed by atoms with Crippen molar-refractivity contribution in [3.63, 3.8) is 0 Å². The van der Waals surface area contributed by atoms with E-state index in [0.29, 0.717) is 17.2 Å². The number of benzene rings is 2. The molecule has 3 aromatic rings. The highest BCUT2D eigenvalue weighted by molar-refractivity contribution is 6.39. The van der Waals surface area contributed by atoms with Gasteiger partial charge in [0.2, 0.25) is 0 Å². The van der Waals surface area contributed by atoms with Crippen molar-refractivity contribution < 1.29 is 18.7 Å². The Labute approximate surface area is 150 Å². The molecule has 0 saturated heterocycles. The predicted octanol–water partition coefficient (Wildman–Crippen LogP) is 2.61. The predicted molar refractivity (Wildman–Crippen MR) is 95.4 cm³/mol. The van der Waals surface area contributed by atoms with Gasteiger partial charge in [-0.1, -0.05) is 24.3 Å². The quantitative estimate of drug-likeness (QED) is 0.689. The molecule has 132 valence electrons. The summed E-state index contributed by atoms with van der Waals surface area (Å²) in [5.74, 6) is -0.268. The highest BCUT2D eigenvalue weighted by Gasteiger charge is 2.14. The minimum absolute atomic E-state index is 0.189. The van der Waals surface area contributed by atoms with Crippen LogP contribution in [0.5, 0.6) is 5.75 Å². The Hall–Kier alpha value is -3.61. The van der Waals surface area contributed by atoms with Crippen LogP contribution >= 0.6 is 0 Å². The van der Waals surface area contributed by atoms with Crippen LogP contribution in [0.25, 0.3) is 11.3 Å². The maximum Gasteiger partial charge on any atom is 0.313 e. The van der Waals surface area contributed by atoms with Gasteiger partial charge < -0.3 is 19.8 Å². The molecule has 0 atom stereocenters. The number of methoxy groups -OCH3 is 1. The Balaban J connectivity index is 1.62. The molecule has 1 aromatic heterocycles. The van der Waals surface area contributed by atoms with E-state index in [0.717, 1.165) is 11.1 Å². The van der Waals surface area contributed by atoms with Gasteiger partial charge >= 0.3 is 11.8 Å². The monoisotopic (exact) mass is 351 g/mol. The van der Waals surface area contributed by atoms with Crippen molar-refractivity contribution in [2.75, 3.05) is 12.4 Å². The Bertz CT molecular complexity index is 892. The summed E-state index contributed by atoms with van der Waals surface area (Å²) in [6.45, 7) is 0.189. The fraction of sp³-hybridized carbons (Fsp3) is 0.105. The van der Waals surface area contributed by atoms with Gasteiger partial charge in [-0.05, 0) is 29.8 Å². The van der Waals surface area contributed by atoms with E-state index in [-0.39, 0.29) is 6.54 Å². The molecule has 0 spiro atoms. The van der Waals surface area contributed by atoms with E-state index in [9.17, 15) is 9.59 Å². The molecular formula is C19H17N3O4. The Kier molecular flexibility index (Phi) is 5.28. The Morgan fingerprint density at radius 1 is 1.12 bits per heavy atom. The fourth-order valence-corrected chi connectivity index (χ4v) is 2.37. The maximum absolute atomic E-state index is 12.0. The number of hydrogen-bond acceptors (Lipinski definition) is 5. The van der Waals surface area contributed by atoms with Crippen molar-refractivity contribution in [3.8, 4) is 17.1 Å². The number of hydrogen-bond donors (Lipinski definition) is 2. The van der Waals surface area contributed by atoms with Crippen LogP contribution in [0.4, 0.5) is 5.69 Å². The minimum Gasteiger partial charge on any atom is -0.496 e. The summed E-state index contributed by atoms with van der Waals surface area (Å²) in [5, 5.41) is 5.12. The van der Waals surface area contributed by atoms with Gasteiger partial charge in [0, 0.05) is 12.2 Å². The molecule has 0 bridgehead atoms. The van der Waals surface area contributed by atoms with Crippen molar-refractivity contribution in [3.05, 3.63) is 66.7 Å². The third kappa shape index (κ3) is 4.07. The van der Waals surface area contributed by atoms with Crippen LogP contribution < -0.4 is 15.4 Å². The number of nitrogens with zero attached hydrogens (tertiary/aromatic N) is 1. The summed E-state index contributed by atoms with van der Waals surface area (Å²) in [5.41, 5.74) is 2.10. The lowest BCUT2D eigenvalue weighted by Crippen LogP contribution is -2.34.